The number of carboxylic acid groups (broad SMARTS) is 1. The summed E-state index contributed by atoms with van der Waals surface area (Å²) in [7, 11) is 1.45. The molecule has 0 aliphatic rings. The fraction of sp³-hybridized carbons (Fsp3) is 0.333. The molecule has 92 valence electrons. The minimum absolute atomic E-state index is 0.322. The topological polar surface area (TPSA) is 66.8 Å². The standard InChI is InChI=1S/C12H15NO4/c1-3-17-10-6-4-5-9(7-10)12(16)13(2)8-11(14)15/h4-7H,3,8H2,1-2H3,(H,14,15). The van der Waals surface area contributed by atoms with Gasteiger partial charge >= 0.3 is 5.97 Å². The normalized spacial score (nSPS) is 9.76. The van der Waals surface area contributed by atoms with Gasteiger partial charge in [0.25, 0.3) is 5.91 Å². The Morgan fingerprint density at radius 2 is 2.12 bits per heavy atom. The lowest BCUT2D eigenvalue weighted by Gasteiger charge is -2.15. The quantitative estimate of drug-likeness (QED) is 0.836. The molecule has 0 radical (unpaired) electrons. The van der Waals surface area contributed by atoms with Gasteiger partial charge in [-0.15, -0.1) is 0 Å². The van der Waals surface area contributed by atoms with Crippen LogP contribution >= 0.6 is 0 Å². The summed E-state index contributed by atoms with van der Waals surface area (Å²) < 4.78 is 5.27. The van der Waals surface area contributed by atoms with Crippen LogP contribution in [0.25, 0.3) is 0 Å². The summed E-state index contributed by atoms with van der Waals surface area (Å²) in [5, 5.41) is 8.60. The highest BCUT2D eigenvalue weighted by molar-refractivity contribution is 5.95. The molecule has 0 aliphatic heterocycles. The molecule has 5 heteroatoms. The highest BCUT2D eigenvalue weighted by Gasteiger charge is 2.14. The molecule has 0 heterocycles. The van der Waals surface area contributed by atoms with Crippen LogP contribution in [0.4, 0.5) is 0 Å². The molecular weight excluding hydrogens is 222 g/mol. The summed E-state index contributed by atoms with van der Waals surface area (Å²) in [6, 6.07) is 6.68. The zero-order chi connectivity index (χ0) is 12.8. The zero-order valence-electron chi connectivity index (χ0n) is 9.84. The van der Waals surface area contributed by atoms with Crippen LogP contribution in [0.5, 0.6) is 5.75 Å². The van der Waals surface area contributed by atoms with E-state index in [1.807, 2.05) is 6.92 Å². The molecule has 1 amide bonds. The molecule has 0 saturated carbocycles. The molecule has 0 atom stereocenters. The third-order valence-electron chi connectivity index (χ3n) is 2.11. The molecule has 1 aromatic rings. The van der Waals surface area contributed by atoms with E-state index >= 15 is 0 Å². The molecule has 0 unspecified atom stereocenters. The van der Waals surface area contributed by atoms with Gasteiger partial charge in [-0.2, -0.15) is 0 Å². The van der Waals surface area contributed by atoms with E-state index in [2.05, 4.69) is 0 Å². The first-order valence-corrected chi connectivity index (χ1v) is 5.24. The summed E-state index contributed by atoms with van der Waals surface area (Å²) in [6.07, 6.45) is 0. The van der Waals surface area contributed by atoms with E-state index in [1.165, 1.54) is 7.05 Å². The van der Waals surface area contributed by atoms with Gasteiger partial charge in [0.2, 0.25) is 0 Å². The van der Waals surface area contributed by atoms with Crippen molar-refractivity contribution in [1.82, 2.24) is 4.90 Å². The number of ether oxygens (including phenoxy) is 1. The molecule has 1 aromatic carbocycles. The number of nitrogens with zero attached hydrogens (tertiary/aromatic N) is 1. The van der Waals surface area contributed by atoms with Gasteiger partial charge in [-0.3, -0.25) is 9.59 Å². The third kappa shape index (κ3) is 3.79. The Morgan fingerprint density at radius 3 is 2.71 bits per heavy atom. The second-order valence-corrected chi connectivity index (χ2v) is 3.52. The van der Waals surface area contributed by atoms with Gasteiger partial charge in [0, 0.05) is 12.6 Å². The van der Waals surface area contributed by atoms with E-state index in [-0.39, 0.29) is 12.5 Å². The Kier molecular flexibility index (Phi) is 4.51. The summed E-state index contributed by atoms with van der Waals surface area (Å²) in [5.41, 5.74) is 0.416. The van der Waals surface area contributed by atoms with Gasteiger partial charge in [-0.05, 0) is 25.1 Å². The second-order valence-electron chi connectivity index (χ2n) is 3.52. The molecule has 0 saturated heterocycles. The van der Waals surface area contributed by atoms with Crippen LogP contribution in [0.3, 0.4) is 0 Å². The van der Waals surface area contributed by atoms with Crippen LogP contribution in [0.2, 0.25) is 0 Å². The third-order valence-corrected chi connectivity index (χ3v) is 2.11. The lowest BCUT2D eigenvalue weighted by Crippen LogP contribution is -2.31. The monoisotopic (exact) mass is 237 g/mol. The van der Waals surface area contributed by atoms with Crippen molar-refractivity contribution in [3.8, 4) is 5.75 Å². The van der Waals surface area contributed by atoms with Crippen LogP contribution < -0.4 is 4.74 Å². The van der Waals surface area contributed by atoms with E-state index < -0.39 is 5.97 Å². The van der Waals surface area contributed by atoms with Gasteiger partial charge in [-0.25, -0.2) is 0 Å². The smallest absolute Gasteiger partial charge is 0.323 e. The number of carbonyl (C=O) groups excluding carboxylic acids is 1. The second kappa shape index (κ2) is 5.89. The van der Waals surface area contributed by atoms with Crippen LogP contribution in [-0.2, 0) is 4.79 Å². The van der Waals surface area contributed by atoms with E-state index in [0.717, 1.165) is 4.90 Å². The Balaban J connectivity index is 2.81. The van der Waals surface area contributed by atoms with Crippen molar-refractivity contribution in [2.45, 2.75) is 6.92 Å². The lowest BCUT2D eigenvalue weighted by molar-refractivity contribution is -0.137. The van der Waals surface area contributed by atoms with E-state index in [9.17, 15) is 9.59 Å². The van der Waals surface area contributed by atoms with Gasteiger partial charge in [0.1, 0.15) is 12.3 Å². The number of hydrogen-bond acceptors (Lipinski definition) is 3. The first-order chi connectivity index (χ1) is 8.04. The Labute approximate surface area is 99.6 Å². The van der Waals surface area contributed by atoms with Crippen molar-refractivity contribution in [3.05, 3.63) is 29.8 Å². The molecule has 1 N–H and O–H groups in total. The maximum Gasteiger partial charge on any atom is 0.323 e. The molecule has 0 aromatic heterocycles. The van der Waals surface area contributed by atoms with Crippen molar-refractivity contribution < 1.29 is 19.4 Å². The molecule has 17 heavy (non-hydrogen) atoms. The van der Waals surface area contributed by atoms with Crippen LogP contribution in [0.15, 0.2) is 24.3 Å². The van der Waals surface area contributed by atoms with E-state index in [4.69, 9.17) is 9.84 Å². The van der Waals surface area contributed by atoms with Crippen molar-refractivity contribution >= 4 is 11.9 Å². The summed E-state index contributed by atoms with van der Waals surface area (Å²) in [6.45, 7) is 2.05. The minimum Gasteiger partial charge on any atom is -0.494 e. The van der Waals surface area contributed by atoms with Crippen LogP contribution in [0, 0.1) is 0 Å². The van der Waals surface area contributed by atoms with Gasteiger partial charge < -0.3 is 14.7 Å². The average molecular weight is 237 g/mol. The Bertz CT molecular complexity index is 417. The molecule has 0 aliphatic carbocycles. The number of likely N-dealkylation sites (N-methyl/N-ethyl adjacent to an activating group) is 1. The molecule has 1 rings (SSSR count). The summed E-state index contributed by atoms with van der Waals surface area (Å²) >= 11 is 0. The first kappa shape index (κ1) is 13.0. The van der Waals surface area contributed by atoms with Crippen molar-refractivity contribution in [2.75, 3.05) is 20.2 Å². The Morgan fingerprint density at radius 1 is 1.41 bits per heavy atom. The average Bonchev–Trinajstić information content (AvgIpc) is 2.28. The molecular formula is C12H15NO4. The van der Waals surface area contributed by atoms with Crippen molar-refractivity contribution in [2.24, 2.45) is 0 Å². The lowest BCUT2D eigenvalue weighted by atomic mass is 10.2. The maximum atomic E-state index is 11.8. The van der Waals surface area contributed by atoms with E-state index in [1.54, 1.807) is 24.3 Å². The number of rotatable bonds is 5. The van der Waals surface area contributed by atoms with Crippen molar-refractivity contribution in [1.29, 1.82) is 0 Å². The Hall–Kier alpha value is -2.04. The molecule has 5 nitrogen and oxygen atoms in total. The number of benzene rings is 1. The van der Waals surface area contributed by atoms with Gasteiger partial charge in [-0.1, -0.05) is 6.07 Å². The molecule has 0 fully saturated rings. The number of amides is 1. The van der Waals surface area contributed by atoms with Crippen molar-refractivity contribution in [3.63, 3.8) is 0 Å². The predicted octanol–water partition coefficient (Wildman–Crippen LogP) is 1.24. The highest BCUT2D eigenvalue weighted by Crippen LogP contribution is 2.14. The summed E-state index contributed by atoms with van der Waals surface area (Å²) in [4.78, 5) is 23.5. The summed E-state index contributed by atoms with van der Waals surface area (Å²) in [5.74, 6) is -0.780. The van der Waals surface area contributed by atoms with Gasteiger partial charge in [0.05, 0.1) is 6.61 Å². The number of hydrogen-bond donors (Lipinski definition) is 1. The van der Waals surface area contributed by atoms with Gasteiger partial charge in [0.15, 0.2) is 0 Å². The SMILES string of the molecule is CCOc1cccc(C(=O)N(C)CC(=O)O)c1. The largest absolute Gasteiger partial charge is 0.494 e. The number of carbonyl (C=O) groups is 2. The number of carboxylic acids is 1. The molecule has 0 bridgehead atoms. The number of aliphatic carboxylic acids is 1. The van der Waals surface area contributed by atoms with Crippen LogP contribution in [0.1, 0.15) is 17.3 Å². The first-order valence-electron chi connectivity index (χ1n) is 5.24. The van der Waals surface area contributed by atoms with E-state index in [0.29, 0.717) is 17.9 Å². The minimum atomic E-state index is -1.04. The maximum absolute atomic E-state index is 11.8. The predicted molar refractivity (Wildman–Crippen MR) is 62.2 cm³/mol. The highest BCUT2D eigenvalue weighted by atomic mass is 16.5. The fourth-order valence-electron chi connectivity index (χ4n) is 1.38. The molecule has 0 spiro atoms. The fourth-order valence-corrected chi connectivity index (χ4v) is 1.38. The van der Waals surface area contributed by atoms with Crippen LogP contribution in [-0.4, -0.2) is 42.1 Å². The zero-order valence-corrected chi connectivity index (χ0v) is 9.84.